The average molecular weight is 342 g/mol. The van der Waals surface area contributed by atoms with Crippen LogP contribution < -0.4 is 5.32 Å². The molecule has 0 aromatic heterocycles. The molecule has 2 nitrogen and oxygen atoms in total. The van der Waals surface area contributed by atoms with Crippen LogP contribution in [0.25, 0.3) is 0 Å². The lowest BCUT2D eigenvalue weighted by Gasteiger charge is -2.08. The van der Waals surface area contributed by atoms with Crippen molar-refractivity contribution in [3.05, 3.63) is 33.8 Å². The number of carbonyl (C=O) groups is 1. The van der Waals surface area contributed by atoms with Gasteiger partial charge in [0.15, 0.2) is 0 Å². The average Bonchev–Trinajstić information content (AvgIpc) is 2.21. The van der Waals surface area contributed by atoms with Gasteiger partial charge in [-0.2, -0.15) is 13.2 Å². The molecule has 0 unspecified atom stereocenters. The number of hydrogen-bond donors (Lipinski definition) is 1. The van der Waals surface area contributed by atoms with E-state index in [2.05, 4.69) is 21.2 Å². The van der Waals surface area contributed by atoms with Crippen LogP contribution in [0.2, 0.25) is 0 Å². The Bertz CT molecular complexity index is 417. The molecule has 0 aliphatic heterocycles. The van der Waals surface area contributed by atoms with Crippen molar-refractivity contribution in [1.82, 2.24) is 5.32 Å². The lowest BCUT2D eigenvalue weighted by Crippen LogP contribution is -2.26. The molecule has 0 heterocycles. The maximum absolute atomic E-state index is 11.9. The number of aryl methyl sites for hydroxylation is 1. The van der Waals surface area contributed by atoms with Gasteiger partial charge in [-0.3, -0.25) is 4.79 Å². The first-order chi connectivity index (χ1) is 8.28. The molecule has 0 spiro atoms. The van der Waals surface area contributed by atoms with Gasteiger partial charge in [-0.05, 0) is 42.4 Å². The fourth-order valence-electron chi connectivity index (χ4n) is 1.30. The number of halogens is 4. The van der Waals surface area contributed by atoms with Gasteiger partial charge in [0, 0.05) is 22.3 Å². The SMILES string of the molecule is Cc1cc(Br)cc(C(=O)NCCSC(F)(F)F)c1. The van der Waals surface area contributed by atoms with Crippen molar-refractivity contribution in [2.45, 2.75) is 12.4 Å². The van der Waals surface area contributed by atoms with Crippen LogP contribution in [0.5, 0.6) is 0 Å². The maximum atomic E-state index is 11.9. The van der Waals surface area contributed by atoms with Crippen molar-refractivity contribution in [2.24, 2.45) is 0 Å². The van der Waals surface area contributed by atoms with E-state index >= 15 is 0 Å². The molecule has 1 amide bonds. The number of alkyl halides is 3. The van der Waals surface area contributed by atoms with Crippen LogP contribution in [0, 0.1) is 6.92 Å². The molecule has 0 aliphatic carbocycles. The summed E-state index contributed by atoms with van der Waals surface area (Å²) in [6.07, 6.45) is 0. The number of carbonyl (C=O) groups excluding carboxylic acids is 1. The Morgan fingerprint density at radius 2 is 2.06 bits per heavy atom. The lowest BCUT2D eigenvalue weighted by atomic mass is 10.1. The lowest BCUT2D eigenvalue weighted by molar-refractivity contribution is -0.0327. The van der Waals surface area contributed by atoms with Crippen molar-refractivity contribution in [2.75, 3.05) is 12.3 Å². The Morgan fingerprint density at radius 1 is 1.39 bits per heavy atom. The quantitative estimate of drug-likeness (QED) is 0.845. The summed E-state index contributed by atoms with van der Waals surface area (Å²) in [4.78, 5) is 11.7. The van der Waals surface area contributed by atoms with Crippen LogP contribution in [0.4, 0.5) is 13.2 Å². The smallest absolute Gasteiger partial charge is 0.351 e. The van der Waals surface area contributed by atoms with Crippen molar-refractivity contribution in [3.8, 4) is 0 Å². The third-order valence-electron chi connectivity index (χ3n) is 1.96. The van der Waals surface area contributed by atoms with Crippen LogP contribution in [-0.2, 0) is 0 Å². The number of nitrogens with one attached hydrogen (secondary N) is 1. The van der Waals surface area contributed by atoms with Gasteiger partial charge in [-0.15, -0.1) is 0 Å². The monoisotopic (exact) mass is 341 g/mol. The predicted octanol–water partition coefficient (Wildman–Crippen LogP) is 3.74. The largest absolute Gasteiger partial charge is 0.441 e. The molecule has 1 aromatic carbocycles. The highest BCUT2D eigenvalue weighted by Crippen LogP contribution is 2.29. The zero-order chi connectivity index (χ0) is 13.8. The van der Waals surface area contributed by atoms with Gasteiger partial charge in [0.1, 0.15) is 0 Å². The summed E-state index contributed by atoms with van der Waals surface area (Å²) in [6.45, 7) is 1.82. The molecule has 1 rings (SSSR count). The standard InChI is InChI=1S/C11H11BrF3NOS/c1-7-4-8(6-9(12)5-7)10(17)16-2-3-18-11(13,14)15/h4-6H,2-3H2,1H3,(H,16,17). The second-order valence-corrected chi connectivity index (χ2v) is 5.64. The summed E-state index contributed by atoms with van der Waals surface area (Å²) in [6, 6.07) is 5.15. The number of hydrogen-bond acceptors (Lipinski definition) is 2. The summed E-state index contributed by atoms with van der Waals surface area (Å²) in [5.74, 6) is -0.565. The fraction of sp³-hybridized carbons (Fsp3) is 0.364. The van der Waals surface area contributed by atoms with E-state index in [9.17, 15) is 18.0 Å². The van der Waals surface area contributed by atoms with Crippen molar-refractivity contribution in [1.29, 1.82) is 0 Å². The number of rotatable bonds is 4. The minimum absolute atomic E-state index is 0.0193. The highest BCUT2D eigenvalue weighted by molar-refractivity contribution is 9.10. The Kier molecular flexibility index (Phi) is 5.52. The normalized spacial score (nSPS) is 11.4. The van der Waals surface area contributed by atoms with Gasteiger partial charge in [0.2, 0.25) is 0 Å². The van der Waals surface area contributed by atoms with Crippen molar-refractivity contribution >= 4 is 33.6 Å². The van der Waals surface area contributed by atoms with Gasteiger partial charge < -0.3 is 5.32 Å². The second kappa shape index (κ2) is 6.47. The molecule has 0 fully saturated rings. The van der Waals surface area contributed by atoms with E-state index in [1.165, 1.54) is 0 Å². The first-order valence-corrected chi connectivity index (χ1v) is 6.82. The van der Waals surface area contributed by atoms with Crippen LogP contribution >= 0.6 is 27.7 Å². The van der Waals surface area contributed by atoms with Crippen molar-refractivity contribution in [3.63, 3.8) is 0 Å². The Morgan fingerprint density at radius 3 is 2.61 bits per heavy atom. The summed E-state index contributed by atoms with van der Waals surface area (Å²) in [7, 11) is 0. The van der Waals surface area contributed by atoms with E-state index in [0.717, 1.165) is 10.0 Å². The molecule has 100 valence electrons. The maximum Gasteiger partial charge on any atom is 0.441 e. The Balaban J connectivity index is 2.46. The van der Waals surface area contributed by atoms with Crippen molar-refractivity contribution < 1.29 is 18.0 Å². The molecular formula is C11H11BrF3NOS. The molecule has 7 heteroatoms. The Labute approximate surface area is 115 Å². The fourth-order valence-corrected chi connectivity index (χ4v) is 2.34. The van der Waals surface area contributed by atoms with E-state index in [0.29, 0.717) is 5.56 Å². The summed E-state index contributed by atoms with van der Waals surface area (Å²) in [5.41, 5.74) is -2.92. The molecule has 18 heavy (non-hydrogen) atoms. The van der Waals surface area contributed by atoms with Gasteiger partial charge >= 0.3 is 5.51 Å². The van der Waals surface area contributed by atoms with Crippen LogP contribution in [0.15, 0.2) is 22.7 Å². The van der Waals surface area contributed by atoms with E-state index in [1.54, 1.807) is 12.1 Å². The first kappa shape index (κ1) is 15.4. The molecule has 0 bridgehead atoms. The molecule has 0 saturated heterocycles. The van der Waals surface area contributed by atoms with E-state index in [1.807, 2.05) is 13.0 Å². The van der Waals surface area contributed by atoms with Crippen LogP contribution in [0.3, 0.4) is 0 Å². The number of benzene rings is 1. The number of amides is 1. The molecule has 0 radical (unpaired) electrons. The second-order valence-electron chi connectivity index (χ2n) is 3.57. The highest BCUT2D eigenvalue weighted by atomic mass is 79.9. The van der Waals surface area contributed by atoms with Gasteiger partial charge in [-0.25, -0.2) is 0 Å². The minimum Gasteiger partial charge on any atom is -0.351 e. The Hall–Kier alpha value is -0.690. The zero-order valence-corrected chi connectivity index (χ0v) is 11.9. The molecule has 0 aliphatic rings. The predicted molar refractivity (Wildman–Crippen MR) is 69.7 cm³/mol. The third-order valence-corrected chi connectivity index (χ3v) is 3.15. The van der Waals surface area contributed by atoms with E-state index in [4.69, 9.17) is 0 Å². The summed E-state index contributed by atoms with van der Waals surface area (Å²) < 4.78 is 36.3. The first-order valence-electron chi connectivity index (χ1n) is 5.04. The van der Waals surface area contributed by atoms with Gasteiger partial charge in [0.25, 0.3) is 5.91 Å². The summed E-state index contributed by atoms with van der Waals surface area (Å²) >= 11 is 3.11. The van der Waals surface area contributed by atoms with Crippen LogP contribution in [-0.4, -0.2) is 23.7 Å². The molecule has 1 aromatic rings. The van der Waals surface area contributed by atoms with E-state index < -0.39 is 5.51 Å². The minimum atomic E-state index is -4.25. The molecule has 0 atom stereocenters. The number of thioether (sulfide) groups is 1. The van der Waals surface area contributed by atoms with Crippen LogP contribution in [0.1, 0.15) is 15.9 Å². The zero-order valence-electron chi connectivity index (χ0n) is 9.47. The summed E-state index contributed by atoms with van der Waals surface area (Å²) in [5, 5.41) is 2.45. The van der Waals surface area contributed by atoms with Gasteiger partial charge in [-0.1, -0.05) is 15.9 Å². The molecule has 0 saturated carbocycles. The van der Waals surface area contributed by atoms with E-state index in [-0.39, 0.29) is 30.0 Å². The molecule has 1 N–H and O–H groups in total. The van der Waals surface area contributed by atoms with Gasteiger partial charge in [0.05, 0.1) is 0 Å². The third kappa shape index (κ3) is 5.77. The highest BCUT2D eigenvalue weighted by Gasteiger charge is 2.27. The topological polar surface area (TPSA) is 29.1 Å². The molecular weight excluding hydrogens is 331 g/mol.